The molecule has 1 unspecified atom stereocenters. The predicted molar refractivity (Wildman–Crippen MR) is 72.9 cm³/mol. The van der Waals surface area contributed by atoms with Crippen LogP contribution in [-0.4, -0.2) is 16.3 Å². The van der Waals surface area contributed by atoms with E-state index in [1.54, 1.807) is 24.3 Å². The second kappa shape index (κ2) is 6.04. The second-order valence-corrected chi connectivity index (χ2v) is 4.87. The highest BCUT2D eigenvalue weighted by Gasteiger charge is 2.10. The number of phenolic OH excluding ortho intramolecular Hbond substituents is 1. The average Bonchev–Trinajstić information content (AvgIpc) is 2.33. The van der Waals surface area contributed by atoms with E-state index in [4.69, 9.17) is 11.6 Å². The number of rotatable bonds is 4. The lowest BCUT2D eigenvalue weighted by molar-refractivity contribution is 0.175. The zero-order valence-electron chi connectivity index (χ0n) is 10.2. The standard InChI is InChI=1S/C15H14ClFO2/c16-15-9-12(17)5-4-11(15)8-14(19)7-10-2-1-3-13(18)6-10/h1-6,9,14,18-19H,7-8H2. The molecule has 0 saturated heterocycles. The zero-order chi connectivity index (χ0) is 13.8. The maximum atomic E-state index is 12.9. The highest BCUT2D eigenvalue weighted by Crippen LogP contribution is 2.20. The minimum atomic E-state index is -0.634. The smallest absolute Gasteiger partial charge is 0.124 e. The van der Waals surface area contributed by atoms with Gasteiger partial charge >= 0.3 is 0 Å². The number of phenols is 1. The topological polar surface area (TPSA) is 40.5 Å². The van der Waals surface area contributed by atoms with Crippen LogP contribution < -0.4 is 0 Å². The van der Waals surface area contributed by atoms with Crippen LogP contribution in [0.1, 0.15) is 11.1 Å². The van der Waals surface area contributed by atoms with Gasteiger partial charge in [0, 0.05) is 11.4 Å². The quantitative estimate of drug-likeness (QED) is 0.902. The van der Waals surface area contributed by atoms with Gasteiger partial charge in [0.25, 0.3) is 0 Å². The lowest BCUT2D eigenvalue weighted by Crippen LogP contribution is -2.14. The Hall–Kier alpha value is -1.58. The number of benzene rings is 2. The molecule has 2 aromatic rings. The molecule has 0 bridgehead atoms. The highest BCUT2D eigenvalue weighted by molar-refractivity contribution is 6.31. The van der Waals surface area contributed by atoms with Crippen LogP contribution >= 0.6 is 11.6 Å². The Morgan fingerprint density at radius 1 is 1.11 bits per heavy atom. The maximum Gasteiger partial charge on any atom is 0.124 e. The Morgan fingerprint density at radius 3 is 2.58 bits per heavy atom. The summed E-state index contributed by atoms with van der Waals surface area (Å²) in [6.07, 6.45) is 0.112. The number of aromatic hydroxyl groups is 1. The van der Waals surface area contributed by atoms with Crippen molar-refractivity contribution >= 4 is 11.6 Å². The summed E-state index contributed by atoms with van der Waals surface area (Å²) >= 11 is 5.91. The number of aliphatic hydroxyl groups excluding tert-OH is 1. The van der Waals surface area contributed by atoms with E-state index in [9.17, 15) is 14.6 Å². The van der Waals surface area contributed by atoms with Gasteiger partial charge in [-0.3, -0.25) is 0 Å². The molecule has 0 saturated carbocycles. The molecule has 2 aromatic carbocycles. The van der Waals surface area contributed by atoms with Crippen LogP contribution in [0.4, 0.5) is 4.39 Å². The maximum absolute atomic E-state index is 12.9. The lowest BCUT2D eigenvalue weighted by atomic mass is 10.0. The van der Waals surface area contributed by atoms with Gasteiger partial charge in [0.15, 0.2) is 0 Å². The van der Waals surface area contributed by atoms with Gasteiger partial charge in [-0.05, 0) is 41.8 Å². The van der Waals surface area contributed by atoms with E-state index >= 15 is 0 Å². The molecule has 2 rings (SSSR count). The van der Waals surface area contributed by atoms with Crippen molar-refractivity contribution in [2.75, 3.05) is 0 Å². The molecule has 1 atom stereocenters. The molecule has 19 heavy (non-hydrogen) atoms. The Kier molecular flexibility index (Phi) is 4.40. The van der Waals surface area contributed by atoms with Crippen LogP contribution in [0.15, 0.2) is 42.5 Å². The van der Waals surface area contributed by atoms with Crippen molar-refractivity contribution in [2.45, 2.75) is 18.9 Å². The van der Waals surface area contributed by atoms with Crippen LogP contribution in [0.5, 0.6) is 5.75 Å². The molecule has 0 aliphatic carbocycles. The molecule has 0 aliphatic rings. The van der Waals surface area contributed by atoms with Crippen molar-refractivity contribution in [1.82, 2.24) is 0 Å². The Morgan fingerprint density at radius 2 is 1.89 bits per heavy atom. The summed E-state index contributed by atoms with van der Waals surface area (Å²) in [5.74, 6) is -0.222. The van der Waals surface area contributed by atoms with Gasteiger partial charge in [0.1, 0.15) is 11.6 Å². The summed E-state index contributed by atoms with van der Waals surface area (Å²) in [6, 6.07) is 10.9. The lowest BCUT2D eigenvalue weighted by Gasteiger charge is -2.12. The molecule has 0 amide bonds. The molecular weight excluding hydrogens is 267 g/mol. The zero-order valence-corrected chi connectivity index (χ0v) is 10.9. The molecule has 0 spiro atoms. The van der Waals surface area contributed by atoms with E-state index < -0.39 is 11.9 Å². The first-order chi connectivity index (χ1) is 9.04. The van der Waals surface area contributed by atoms with Crippen LogP contribution in [0.3, 0.4) is 0 Å². The fourth-order valence-corrected chi connectivity index (χ4v) is 2.21. The second-order valence-electron chi connectivity index (χ2n) is 4.47. The first-order valence-corrected chi connectivity index (χ1v) is 6.32. The van der Waals surface area contributed by atoms with E-state index in [0.717, 1.165) is 5.56 Å². The Labute approximate surface area is 116 Å². The minimum Gasteiger partial charge on any atom is -0.508 e. The van der Waals surface area contributed by atoms with Crippen molar-refractivity contribution in [3.05, 3.63) is 64.4 Å². The van der Waals surface area contributed by atoms with Crippen LogP contribution in [-0.2, 0) is 12.8 Å². The van der Waals surface area contributed by atoms with Crippen molar-refractivity contribution in [1.29, 1.82) is 0 Å². The number of halogens is 2. The van der Waals surface area contributed by atoms with Gasteiger partial charge in [-0.25, -0.2) is 4.39 Å². The molecule has 2 N–H and O–H groups in total. The van der Waals surface area contributed by atoms with Gasteiger partial charge < -0.3 is 10.2 Å². The fraction of sp³-hybridized carbons (Fsp3) is 0.200. The third-order valence-electron chi connectivity index (χ3n) is 2.85. The predicted octanol–water partition coefficient (Wildman–Crippen LogP) is 3.33. The van der Waals surface area contributed by atoms with E-state index in [1.807, 2.05) is 6.07 Å². The molecule has 0 aromatic heterocycles. The van der Waals surface area contributed by atoms with E-state index in [1.165, 1.54) is 12.1 Å². The average molecular weight is 281 g/mol. The van der Waals surface area contributed by atoms with Crippen molar-refractivity contribution in [2.24, 2.45) is 0 Å². The molecule has 2 nitrogen and oxygen atoms in total. The number of aliphatic hydroxyl groups is 1. The highest BCUT2D eigenvalue weighted by atomic mass is 35.5. The normalized spacial score (nSPS) is 12.4. The molecule has 0 aliphatic heterocycles. The van der Waals surface area contributed by atoms with E-state index in [0.29, 0.717) is 23.4 Å². The number of hydrogen-bond acceptors (Lipinski definition) is 2. The molecular formula is C15H14ClFO2. The van der Waals surface area contributed by atoms with Crippen LogP contribution in [0.25, 0.3) is 0 Å². The molecule has 0 radical (unpaired) electrons. The van der Waals surface area contributed by atoms with Crippen molar-refractivity contribution in [3.63, 3.8) is 0 Å². The SMILES string of the molecule is Oc1cccc(CC(O)Cc2ccc(F)cc2Cl)c1. The van der Waals surface area contributed by atoms with Gasteiger partial charge in [-0.15, -0.1) is 0 Å². The van der Waals surface area contributed by atoms with Gasteiger partial charge in [-0.2, -0.15) is 0 Å². The van der Waals surface area contributed by atoms with Crippen molar-refractivity contribution < 1.29 is 14.6 Å². The van der Waals surface area contributed by atoms with Crippen LogP contribution in [0.2, 0.25) is 5.02 Å². The van der Waals surface area contributed by atoms with Gasteiger partial charge in [0.05, 0.1) is 6.10 Å². The summed E-state index contributed by atoms with van der Waals surface area (Å²) in [7, 11) is 0. The largest absolute Gasteiger partial charge is 0.508 e. The summed E-state index contributed by atoms with van der Waals surface area (Å²) in [5.41, 5.74) is 1.54. The first kappa shape index (κ1) is 13.8. The van der Waals surface area contributed by atoms with Crippen LogP contribution in [0, 0.1) is 5.82 Å². The molecule has 100 valence electrons. The molecule has 0 fully saturated rings. The Balaban J connectivity index is 2.03. The monoisotopic (exact) mass is 280 g/mol. The van der Waals surface area contributed by atoms with E-state index in [-0.39, 0.29) is 5.75 Å². The van der Waals surface area contributed by atoms with E-state index in [2.05, 4.69) is 0 Å². The summed E-state index contributed by atoms with van der Waals surface area (Å²) < 4.78 is 12.9. The summed E-state index contributed by atoms with van der Waals surface area (Å²) in [4.78, 5) is 0. The summed E-state index contributed by atoms with van der Waals surface area (Å²) in [6.45, 7) is 0. The molecule has 0 heterocycles. The summed E-state index contributed by atoms with van der Waals surface area (Å²) in [5, 5.41) is 19.7. The third kappa shape index (κ3) is 3.94. The first-order valence-electron chi connectivity index (χ1n) is 5.94. The molecule has 4 heteroatoms. The van der Waals surface area contributed by atoms with Gasteiger partial charge in [-0.1, -0.05) is 29.8 Å². The third-order valence-corrected chi connectivity index (χ3v) is 3.20. The van der Waals surface area contributed by atoms with Crippen molar-refractivity contribution in [3.8, 4) is 5.75 Å². The fourth-order valence-electron chi connectivity index (χ4n) is 1.97. The van der Waals surface area contributed by atoms with Gasteiger partial charge in [0.2, 0.25) is 0 Å². The Bertz CT molecular complexity index is 572. The number of hydrogen-bond donors (Lipinski definition) is 2. The minimum absolute atomic E-state index is 0.171.